The van der Waals surface area contributed by atoms with Crippen molar-refractivity contribution in [1.29, 1.82) is 0 Å². The van der Waals surface area contributed by atoms with E-state index in [-0.39, 0.29) is 11.8 Å². The average Bonchev–Trinajstić information content (AvgIpc) is 2.15. The molecule has 90 valence electrons. The Hall–Kier alpha value is -1.06. The van der Waals surface area contributed by atoms with Crippen LogP contribution in [0.4, 0.5) is 0 Å². The molecule has 1 saturated carbocycles. The van der Waals surface area contributed by atoms with Gasteiger partial charge in [-0.05, 0) is 32.6 Å². The number of rotatable bonds is 2. The van der Waals surface area contributed by atoms with E-state index in [4.69, 9.17) is 5.11 Å². The third-order valence-corrected chi connectivity index (χ3v) is 3.98. The largest absolute Gasteiger partial charge is 0.481 e. The highest BCUT2D eigenvalue weighted by Crippen LogP contribution is 2.34. The van der Waals surface area contributed by atoms with Gasteiger partial charge in [0, 0.05) is 19.0 Å². The van der Waals surface area contributed by atoms with Crippen LogP contribution < -0.4 is 0 Å². The number of hydrogen-bond acceptors (Lipinski definition) is 2. The molecule has 1 N–H and O–H groups in total. The van der Waals surface area contributed by atoms with Gasteiger partial charge < -0.3 is 10.0 Å². The van der Waals surface area contributed by atoms with Crippen LogP contribution in [0, 0.1) is 11.3 Å². The van der Waals surface area contributed by atoms with Crippen LogP contribution in [-0.2, 0) is 9.59 Å². The Morgan fingerprint density at radius 1 is 1.31 bits per heavy atom. The monoisotopic (exact) mass is 225 g/mol. The number of likely N-dealkylation sites (tertiary alicyclic amines) is 1. The molecule has 0 aromatic rings. The number of hydrogen-bond donors (Lipinski definition) is 1. The molecule has 16 heavy (non-hydrogen) atoms. The Balaban J connectivity index is 2.00. The first-order valence-corrected chi connectivity index (χ1v) is 6.05. The van der Waals surface area contributed by atoms with E-state index in [1.807, 2.05) is 0 Å². The Bertz CT molecular complexity index is 311. The van der Waals surface area contributed by atoms with Gasteiger partial charge in [-0.2, -0.15) is 0 Å². The van der Waals surface area contributed by atoms with E-state index in [0.717, 1.165) is 32.2 Å². The molecule has 0 spiro atoms. The quantitative estimate of drug-likeness (QED) is 0.774. The van der Waals surface area contributed by atoms with Crippen LogP contribution in [0.5, 0.6) is 0 Å². The highest BCUT2D eigenvalue weighted by Gasteiger charge is 2.41. The molecule has 1 aliphatic heterocycles. The molecule has 1 atom stereocenters. The van der Waals surface area contributed by atoms with E-state index in [1.165, 1.54) is 0 Å². The summed E-state index contributed by atoms with van der Waals surface area (Å²) in [5.74, 6) is -0.423. The second-order valence-corrected chi connectivity index (χ2v) is 5.36. The van der Waals surface area contributed by atoms with Crippen LogP contribution in [0.2, 0.25) is 0 Å². The summed E-state index contributed by atoms with van der Waals surface area (Å²) in [4.78, 5) is 24.9. The summed E-state index contributed by atoms with van der Waals surface area (Å²) in [7, 11) is 0. The second kappa shape index (κ2) is 4.07. The van der Waals surface area contributed by atoms with Gasteiger partial charge in [-0.25, -0.2) is 0 Å². The molecule has 4 nitrogen and oxygen atoms in total. The summed E-state index contributed by atoms with van der Waals surface area (Å²) in [5.41, 5.74) is -0.738. The van der Waals surface area contributed by atoms with E-state index in [2.05, 4.69) is 0 Å². The second-order valence-electron chi connectivity index (χ2n) is 5.36. The van der Waals surface area contributed by atoms with Crippen molar-refractivity contribution in [3.8, 4) is 0 Å². The third-order valence-electron chi connectivity index (χ3n) is 3.98. The highest BCUT2D eigenvalue weighted by molar-refractivity contribution is 5.81. The van der Waals surface area contributed by atoms with Gasteiger partial charge in [-0.3, -0.25) is 9.59 Å². The number of aliphatic carboxylic acids is 1. The van der Waals surface area contributed by atoms with Gasteiger partial charge in [0.1, 0.15) is 0 Å². The molecule has 0 radical (unpaired) electrons. The molecule has 0 aromatic heterocycles. The fraction of sp³-hybridized carbons (Fsp3) is 0.833. The zero-order valence-electron chi connectivity index (χ0n) is 9.74. The zero-order valence-corrected chi connectivity index (χ0v) is 9.74. The summed E-state index contributed by atoms with van der Waals surface area (Å²) in [6, 6.07) is 0. The predicted octanol–water partition coefficient (Wildman–Crippen LogP) is 1.50. The molecular formula is C12H19NO3. The van der Waals surface area contributed by atoms with Crippen LogP contribution in [0.3, 0.4) is 0 Å². The van der Waals surface area contributed by atoms with Crippen LogP contribution in [0.25, 0.3) is 0 Å². The van der Waals surface area contributed by atoms with Gasteiger partial charge >= 0.3 is 5.97 Å². The molecule has 1 amide bonds. The lowest BCUT2D eigenvalue weighted by Crippen LogP contribution is -2.50. The number of carbonyl (C=O) groups excluding carboxylic acids is 1. The molecule has 1 saturated heterocycles. The molecule has 1 heterocycles. The molecule has 1 aliphatic carbocycles. The minimum absolute atomic E-state index is 0.177. The van der Waals surface area contributed by atoms with Gasteiger partial charge in [-0.15, -0.1) is 0 Å². The maximum atomic E-state index is 12.0. The third kappa shape index (κ3) is 1.93. The summed E-state index contributed by atoms with van der Waals surface area (Å²) < 4.78 is 0. The van der Waals surface area contributed by atoms with E-state index in [1.54, 1.807) is 11.8 Å². The van der Waals surface area contributed by atoms with Crippen molar-refractivity contribution in [2.75, 3.05) is 13.1 Å². The average molecular weight is 225 g/mol. The number of nitrogens with zero attached hydrogens (tertiary/aromatic N) is 1. The predicted molar refractivity (Wildman–Crippen MR) is 58.9 cm³/mol. The van der Waals surface area contributed by atoms with Gasteiger partial charge in [0.2, 0.25) is 5.91 Å². The molecule has 4 heteroatoms. The van der Waals surface area contributed by atoms with Crippen molar-refractivity contribution >= 4 is 11.9 Å². The maximum absolute atomic E-state index is 12.0. The van der Waals surface area contributed by atoms with E-state index >= 15 is 0 Å². The lowest BCUT2D eigenvalue weighted by atomic mass is 9.79. The first-order chi connectivity index (χ1) is 7.53. The summed E-state index contributed by atoms with van der Waals surface area (Å²) in [6.45, 7) is 2.87. The molecule has 0 aromatic carbocycles. The zero-order chi connectivity index (χ0) is 11.8. The summed E-state index contributed by atoms with van der Waals surface area (Å²) in [5, 5.41) is 9.17. The number of amides is 1. The normalized spacial score (nSPS) is 30.9. The van der Waals surface area contributed by atoms with Crippen molar-refractivity contribution < 1.29 is 14.7 Å². The minimum atomic E-state index is -0.779. The Kier molecular flexibility index (Phi) is 2.91. The van der Waals surface area contributed by atoms with Gasteiger partial charge in [0.25, 0.3) is 0 Å². The fourth-order valence-corrected chi connectivity index (χ4v) is 2.52. The minimum Gasteiger partial charge on any atom is -0.481 e. The Morgan fingerprint density at radius 2 is 2.00 bits per heavy atom. The number of piperidine rings is 1. The van der Waals surface area contributed by atoms with Gasteiger partial charge in [-0.1, -0.05) is 6.42 Å². The van der Waals surface area contributed by atoms with Crippen LogP contribution in [0.1, 0.15) is 39.0 Å². The van der Waals surface area contributed by atoms with Crippen molar-refractivity contribution in [3.63, 3.8) is 0 Å². The fourth-order valence-electron chi connectivity index (χ4n) is 2.52. The van der Waals surface area contributed by atoms with E-state index < -0.39 is 11.4 Å². The molecule has 1 unspecified atom stereocenters. The Morgan fingerprint density at radius 3 is 2.50 bits per heavy atom. The molecule has 2 fully saturated rings. The highest BCUT2D eigenvalue weighted by atomic mass is 16.4. The SMILES string of the molecule is CC1(C(=O)O)CCCN(C(=O)C2CCC2)C1. The molecule has 0 bridgehead atoms. The lowest BCUT2D eigenvalue weighted by Gasteiger charge is -2.40. The van der Waals surface area contributed by atoms with Gasteiger partial charge in [0.15, 0.2) is 0 Å². The van der Waals surface area contributed by atoms with E-state index in [0.29, 0.717) is 13.0 Å². The summed E-state index contributed by atoms with van der Waals surface area (Å²) >= 11 is 0. The lowest BCUT2D eigenvalue weighted by molar-refractivity contribution is -0.155. The molecule has 2 aliphatic rings. The number of carboxylic acid groups (broad SMARTS) is 1. The van der Waals surface area contributed by atoms with Crippen molar-refractivity contribution in [2.24, 2.45) is 11.3 Å². The van der Waals surface area contributed by atoms with Crippen LogP contribution in [-0.4, -0.2) is 35.0 Å². The Labute approximate surface area is 95.6 Å². The van der Waals surface area contributed by atoms with E-state index in [9.17, 15) is 9.59 Å². The molecule has 2 rings (SSSR count). The number of carbonyl (C=O) groups is 2. The van der Waals surface area contributed by atoms with Crippen molar-refractivity contribution in [3.05, 3.63) is 0 Å². The maximum Gasteiger partial charge on any atom is 0.311 e. The smallest absolute Gasteiger partial charge is 0.311 e. The first-order valence-electron chi connectivity index (χ1n) is 6.05. The van der Waals surface area contributed by atoms with Crippen molar-refractivity contribution in [1.82, 2.24) is 4.90 Å². The topological polar surface area (TPSA) is 57.6 Å². The van der Waals surface area contributed by atoms with Gasteiger partial charge in [0.05, 0.1) is 5.41 Å². The number of carboxylic acids is 1. The summed E-state index contributed by atoms with van der Waals surface area (Å²) in [6.07, 6.45) is 4.59. The first kappa shape index (κ1) is 11.4. The standard InChI is InChI=1S/C12H19NO3/c1-12(11(15)16)6-3-7-13(8-12)10(14)9-4-2-5-9/h9H,2-8H2,1H3,(H,15,16). The van der Waals surface area contributed by atoms with Crippen LogP contribution >= 0.6 is 0 Å². The van der Waals surface area contributed by atoms with Crippen molar-refractivity contribution in [2.45, 2.75) is 39.0 Å². The van der Waals surface area contributed by atoms with Crippen LogP contribution in [0.15, 0.2) is 0 Å². The molecular weight excluding hydrogens is 206 g/mol.